The van der Waals surface area contributed by atoms with Crippen LogP contribution in [0.2, 0.25) is 0 Å². The van der Waals surface area contributed by atoms with E-state index < -0.39 is 0 Å². The van der Waals surface area contributed by atoms with Crippen molar-refractivity contribution in [1.82, 2.24) is 4.98 Å². The molecule has 4 heteroatoms. The van der Waals surface area contributed by atoms with E-state index in [0.717, 1.165) is 37.4 Å². The molecule has 1 N–H and O–H groups in total. The van der Waals surface area contributed by atoms with Crippen molar-refractivity contribution in [3.05, 3.63) is 18.3 Å². The Hall–Kier alpha value is -1.76. The van der Waals surface area contributed by atoms with Crippen LogP contribution in [0.4, 0.5) is 5.82 Å². The van der Waals surface area contributed by atoms with E-state index in [1.165, 1.54) is 0 Å². The van der Waals surface area contributed by atoms with Gasteiger partial charge in [0.1, 0.15) is 11.6 Å². The predicted molar refractivity (Wildman–Crippen MR) is 63.4 cm³/mol. The third-order valence-corrected chi connectivity index (χ3v) is 2.24. The maximum Gasteiger partial charge on any atom is 0.129 e. The summed E-state index contributed by atoms with van der Waals surface area (Å²) in [5.41, 5.74) is 0. The van der Waals surface area contributed by atoms with Crippen molar-refractivity contribution in [2.45, 2.75) is 25.7 Å². The van der Waals surface area contributed by atoms with E-state index in [4.69, 9.17) is 10.00 Å². The Morgan fingerprint density at radius 2 is 2.31 bits per heavy atom. The van der Waals surface area contributed by atoms with Crippen LogP contribution in [0.3, 0.4) is 0 Å². The van der Waals surface area contributed by atoms with E-state index in [9.17, 15) is 0 Å². The van der Waals surface area contributed by atoms with E-state index in [1.807, 2.05) is 12.1 Å². The average Bonchev–Trinajstić information content (AvgIpc) is 2.34. The van der Waals surface area contributed by atoms with Crippen LogP contribution < -0.4 is 10.1 Å². The Bertz CT molecular complexity index is 346. The van der Waals surface area contributed by atoms with E-state index in [1.54, 1.807) is 13.3 Å². The molecular weight excluding hydrogens is 202 g/mol. The van der Waals surface area contributed by atoms with Gasteiger partial charge in [0.05, 0.1) is 13.2 Å². The van der Waals surface area contributed by atoms with E-state index in [2.05, 4.69) is 16.4 Å². The molecule has 0 aliphatic rings. The van der Waals surface area contributed by atoms with Crippen molar-refractivity contribution in [1.29, 1.82) is 5.26 Å². The quantitative estimate of drug-likeness (QED) is 0.716. The Labute approximate surface area is 96.3 Å². The summed E-state index contributed by atoms with van der Waals surface area (Å²) < 4.78 is 5.10. The number of pyridine rings is 1. The van der Waals surface area contributed by atoms with Gasteiger partial charge in [-0.2, -0.15) is 5.26 Å². The molecule has 0 bridgehead atoms. The molecule has 16 heavy (non-hydrogen) atoms. The second kappa shape index (κ2) is 7.52. The van der Waals surface area contributed by atoms with Gasteiger partial charge in [0, 0.05) is 25.2 Å². The highest BCUT2D eigenvalue weighted by atomic mass is 16.5. The highest BCUT2D eigenvalue weighted by Gasteiger charge is 1.96. The number of unbranched alkanes of at least 4 members (excludes halogenated alkanes) is 3. The molecule has 0 aliphatic carbocycles. The van der Waals surface area contributed by atoms with Crippen molar-refractivity contribution in [2.75, 3.05) is 19.0 Å². The summed E-state index contributed by atoms with van der Waals surface area (Å²) in [4.78, 5) is 4.18. The fourth-order valence-electron chi connectivity index (χ4n) is 1.36. The van der Waals surface area contributed by atoms with Crippen molar-refractivity contribution in [3.63, 3.8) is 0 Å². The summed E-state index contributed by atoms with van der Waals surface area (Å²) in [6.45, 7) is 0.881. The second-order valence-corrected chi connectivity index (χ2v) is 3.48. The van der Waals surface area contributed by atoms with Crippen molar-refractivity contribution in [2.24, 2.45) is 0 Å². The standard InChI is InChI=1S/C12H17N3O/c1-16-11-6-9-15-12(10-11)14-8-5-3-2-4-7-13/h6,9-10H,2-5,8H2,1H3,(H,14,15). The summed E-state index contributed by atoms with van der Waals surface area (Å²) >= 11 is 0. The number of rotatable bonds is 7. The lowest BCUT2D eigenvalue weighted by molar-refractivity contribution is 0.414. The van der Waals surface area contributed by atoms with Gasteiger partial charge < -0.3 is 10.1 Å². The van der Waals surface area contributed by atoms with Crippen LogP contribution in [0.1, 0.15) is 25.7 Å². The third kappa shape index (κ3) is 4.65. The van der Waals surface area contributed by atoms with Crippen LogP contribution >= 0.6 is 0 Å². The number of anilines is 1. The summed E-state index contributed by atoms with van der Waals surface area (Å²) in [7, 11) is 1.64. The van der Waals surface area contributed by atoms with Gasteiger partial charge in [0.2, 0.25) is 0 Å². The first-order valence-electron chi connectivity index (χ1n) is 5.47. The van der Waals surface area contributed by atoms with Crippen molar-refractivity contribution >= 4 is 5.82 Å². The molecule has 1 aromatic rings. The molecule has 0 fully saturated rings. The molecule has 0 saturated carbocycles. The lowest BCUT2D eigenvalue weighted by Gasteiger charge is -2.06. The first-order valence-corrected chi connectivity index (χ1v) is 5.47. The monoisotopic (exact) mass is 219 g/mol. The second-order valence-electron chi connectivity index (χ2n) is 3.48. The minimum absolute atomic E-state index is 0.650. The zero-order chi connectivity index (χ0) is 11.6. The van der Waals surface area contributed by atoms with Crippen LogP contribution in [0.25, 0.3) is 0 Å². The number of methoxy groups -OCH3 is 1. The van der Waals surface area contributed by atoms with Crippen LogP contribution in [-0.2, 0) is 0 Å². The smallest absolute Gasteiger partial charge is 0.129 e. The molecule has 0 saturated heterocycles. The number of ether oxygens (including phenoxy) is 1. The molecule has 86 valence electrons. The Morgan fingerprint density at radius 3 is 3.06 bits per heavy atom. The van der Waals surface area contributed by atoms with Crippen LogP contribution in [0, 0.1) is 11.3 Å². The molecule has 0 spiro atoms. The normalized spacial score (nSPS) is 9.50. The zero-order valence-electron chi connectivity index (χ0n) is 9.57. The molecule has 1 rings (SSSR count). The van der Waals surface area contributed by atoms with E-state index >= 15 is 0 Å². The van der Waals surface area contributed by atoms with Gasteiger partial charge in [0.15, 0.2) is 0 Å². The highest BCUT2D eigenvalue weighted by molar-refractivity contribution is 5.40. The van der Waals surface area contributed by atoms with Gasteiger partial charge >= 0.3 is 0 Å². The highest BCUT2D eigenvalue weighted by Crippen LogP contribution is 2.13. The number of aromatic nitrogens is 1. The average molecular weight is 219 g/mol. The van der Waals surface area contributed by atoms with Gasteiger partial charge in [-0.25, -0.2) is 4.98 Å². The van der Waals surface area contributed by atoms with Gasteiger partial charge in [-0.3, -0.25) is 0 Å². The number of nitriles is 1. The molecule has 0 amide bonds. The van der Waals surface area contributed by atoms with Crippen LogP contribution in [-0.4, -0.2) is 18.6 Å². The molecule has 1 aromatic heterocycles. The summed E-state index contributed by atoms with van der Waals surface area (Å²) in [5, 5.41) is 11.6. The maximum absolute atomic E-state index is 8.37. The van der Waals surface area contributed by atoms with Crippen molar-refractivity contribution < 1.29 is 4.74 Å². The lowest BCUT2D eigenvalue weighted by atomic mass is 10.2. The minimum Gasteiger partial charge on any atom is -0.497 e. The molecule has 4 nitrogen and oxygen atoms in total. The Balaban J connectivity index is 2.19. The summed E-state index contributed by atoms with van der Waals surface area (Å²) in [6, 6.07) is 5.83. The third-order valence-electron chi connectivity index (χ3n) is 2.24. The van der Waals surface area contributed by atoms with Crippen LogP contribution in [0.5, 0.6) is 5.75 Å². The minimum atomic E-state index is 0.650. The van der Waals surface area contributed by atoms with Gasteiger partial charge in [-0.1, -0.05) is 6.42 Å². The molecular formula is C12H17N3O. The van der Waals surface area contributed by atoms with Gasteiger partial charge in [0.25, 0.3) is 0 Å². The SMILES string of the molecule is COc1ccnc(NCCCCCC#N)c1. The Kier molecular flexibility index (Phi) is 5.79. The summed E-state index contributed by atoms with van der Waals surface area (Å²) in [5.74, 6) is 1.64. The Morgan fingerprint density at radius 1 is 1.44 bits per heavy atom. The topological polar surface area (TPSA) is 57.9 Å². The van der Waals surface area contributed by atoms with Gasteiger partial charge in [-0.05, 0) is 18.9 Å². The molecule has 0 atom stereocenters. The fourth-order valence-corrected chi connectivity index (χ4v) is 1.36. The van der Waals surface area contributed by atoms with Gasteiger partial charge in [-0.15, -0.1) is 0 Å². The fraction of sp³-hybridized carbons (Fsp3) is 0.500. The number of nitrogens with zero attached hydrogens (tertiary/aromatic N) is 2. The number of nitrogens with one attached hydrogen (secondary N) is 1. The zero-order valence-corrected chi connectivity index (χ0v) is 9.57. The molecule has 0 radical (unpaired) electrons. The molecule has 0 aliphatic heterocycles. The number of hydrogen-bond donors (Lipinski definition) is 1. The van der Waals surface area contributed by atoms with Crippen LogP contribution in [0.15, 0.2) is 18.3 Å². The van der Waals surface area contributed by atoms with E-state index in [0.29, 0.717) is 6.42 Å². The largest absolute Gasteiger partial charge is 0.497 e. The first-order chi connectivity index (χ1) is 7.86. The lowest BCUT2D eigenvalue weighted by Crippen LogP contribution is -2.03. The predicted octanol–water partition coefficient (Wildman–Crippen LogP) is 2.59. The van der Waals surface area contributed by atoms with E-state index in [-0.39, 0.29) is 0 Å². The number of hydrogen-bond acceptors (Lipinski definition) is 4. The molecule has 0 unspecified atom stereocenters. The first kappa shape index (κ1) is 12.3. The summed E-state index contributed by atoms with van der Waals surface area (Å²) in [6.07, 6.45) is 5.48. The van der Waals surface area contributed by atoms with Crippen molar-refractivity contribution in [3.8, 4) is 11.8 Å². The molecule has 1 heterocycles. The maximum atomic E-state index is 8.37. The molecule has 0 aromatic carbocycles.